The molecule has 3 rings (SSSR count). The van der Waals surface area contributed by atoms with Gasteiger partial charge in [0.1, 0.15) is 0 Å². The van der Waals surface area contributed by atoms with Gasteiger partial charge in [-0.05, 0) is 18.4 Å². The summed E-state index contributed by atoms with van der Waals surface area (Å²) in [5.74, 6) is 0.383. The Morgan fingerprint density at radius 3 is 2.38 bits per heavy atom. The zero-order chi connectivity index (χ0) is 18.9. The lowest BCUT2D eigenvalue weighted by Crippen LogP contribution is -2.49. The second kappa shape index (κ2) is 7.39. The highest BCUT2D eigenvalue weighted by molar-refractivity contribution is 5.84. The van der Waals surface area contributed by atoms with Crippen molar-refractivity contribution in [1.29, 1.82) is 0 Å². The standard InChI is InChI=1S/C21H31N3O2/c1-21(2,3)20(26)23-11-7-10-16(12-23)19(25)24-13-17(18(22)14-24)15-8-5-4-6-9-15/h4-6,8-9,16-18H,7,10-14,22H2,1-3H3/t16?,17-,18+/m0/s1. The van der Waals surface area contributed by atoms with Crippen LogP contribution < -0.4 is 5.73 Å². The van der Waals surface area contributed by atoms with Crippen molar-refractivity contribution in [1.82, 2.24) is 9.80 Å². The Kier molecular flexibility index (Phi) is 5.37. The number of nitrogens with zero attached hydrogens (tertiary/aromatic N) is 2. The summed E-state index contributed by atoms with van der Waals surface area (Å²) in [6, 6.07) is 10.2. The van der Waals surface area contributed by atoms with E-state index in [-0.39, 0.29) is 29.7 Å². The van der Waals surface area contributed by atoms with Crippen LogP contribution in [0.25, 0.3) is 0 Å². The van der Waals surface area contributed by atoms with Gasteiger partial charge in [0.15, 0.2) is 0 Å². The number of rotatable bonds is 2. The molecule has 5 nitrogen and oxygen atoms in total. The molecule has 2 fully saturated rings. The number of carbonyl (C=O) groups is 2. The maximum atomic E-state index is 13.1. The Bertz CT molecular complexity index is 653. The van der Waals surface area contributed by atoms with Crippen LogP contribution in [-0.2, 0) is 9.59 Å². The molecule has 2 heterocycles. The van der Waals surface area contributed by atoms with Crippen LogP contribution in [-0.4, -0.2) is 53.8 Å². The molecule has 0 aromatic heterocycles. The van der Waals surface area contributed by atoms with E-state index < -0.39 is 5.41 Å². The lowest BCUT2D eigenvalue weighted by molar-refractivity contribution is -0.145. The molecule has 2 N–H and O–H groups in total. The van der Waals surface area contributed by atoms with Crippen LogP contribution in [0.5, 0.6) is 0 Å². The maximum absolute atomic E-state index is 13.1. The average Bonchev–Trinajstić information content (AvgIpc) is 3.02. The van der Waals surface area contributed by atoms with Gasteiger partial charge in [-0.25, -0.2) is 0 Å². The van der Waals surface area contributed by atoms with Crippen LogP contribution in [0.4, 0.5) is 0 Å². The van der Waals surface area contributed by atoms with Gasteiger partial charge in [-0.1, -0.05) is 51.1 Å². The van der Waals surface area contributed by atoms with E-state index >= 15 is 0 Å². The molecular formula is C21H31N3O2. The van der Waals surface area contributed by atoms with Crippen LogP contribution in [0.1, 0.15) is 45.1 Å². The average molecular weight is 357 g/mol. The molecule has 1 unspecified atom stereocenters. The van der Waals surface area contributed by atoms with Crippen molar-refractivity contribution in [3.8, 4) is 0 Å². The van der Waals surface area contributed by atoms with Crippen molar-refractivity contribution >= 4 is 11.8 Å². The number of piperidine rings is 1. The molecule has 5 heteroatoms. The molecule has 2 saturated heterocycles. The van der Waals surface area contributed by atoms with Gasteiger partial charge in [-0.15, -0.1) is 0 Å². The summed E-state index contributed by atoms with van der Waals surface area (Å²) in [5.41, 5.74) is 7.14. The summed E-state index contributed by atoms with van der Waals surface area (Å²) in [7, 11) is 0. The van der Waals surface area contributed by atoms with Crippen LogP contribution in [0, 0.1) is 11.3 Å². The Hall–Kier alpha value is -1.88. The predicted octanol–water partition coefficient (Wildman–Crippen LogP) is 2.22. The van der Waals surface area contributed by atoms with Gasteiger partial charge >= 0.3 is 0 Å². The molecule has 0 radical (unpaired) electrons. The number of hydrogen-bond acceptors (Lipinski definition) is 3. The first-order valence-corrected chi connectivity index (χ1v) is 9.66. The third-order valence-corrected chi connectivity index (χ3v) is 5.60. The monoisotopic (exact) mass is 357 g/mol. The lowest BCUT2D eigenvalue weighted by Gasteiger charge is -2.37. The lowest BCUT2D eigenvalue weighted by atomic mass is 9.90. The van der Waals surface area contributed by atoms with E-state index in [1.54, 1.807) is 0 Å². The third-order valence-electron chi connectivity index (χ3n) is 5.60. The van der Waals surface area contributed by atoms with Gasteiger partial charge in [0.2, 0.25) is 11.8 Å². The number of likely N-dealkylation sites (tertiary alicyclic amines) is 2. The SMILES string of the molecule is CC(C)(C)C(=O)N1CCCC(C(=O)N2C[C@@H](N)[C@H](c3ccccc3)C2)C1. The molecule has 1 aromatic carbocycles. The van der Waals surface area contributed by atoms with E-state index in [9.17, 15) is 9.59 Å². The number of nitrogens with two attached hydrogens (primary N) is 1. The van der Waals surface area contributed by atoms with Crippen LogP contribution in [0.15, 0.2) is 30.3 Å². The molecule has 3 atom stereocenters. The minimum absolute atomic E-state index is 0.0303. The Morgan fingerprint density at radius 1 is 1.04 bits per heavy atom. The quantitative estimate of drug-likeness (QED) is 0.883. The number of benzene rings is 1. The zero-order valence-electron chi connectivity index (χ0n) is 16.1. The molecule has 26 heavy (non-hydrogen) atoms. The third kappa shape index (κ3) is 3.93. The van der Waals surface area contributed by atoms with Gasteiger partial charge < -0.3 is 15.5 Å². The summed E-state index contributed by atoms with van der Waals surface area (Å²) >= 11 is 0. The summed E-state index contributed by atoms with van der Waals surface area (Å²) in [6.07, 6.45) is 1.74. The highest BCUT2D eigenvalue weighted by Gasteiger charge is 2.39. The second-order valence-electron chi connectivity index (χ2n) is 8.76. The largest absolute Gasteiger partial charge is 0.341 e. The van der Waals surface area contributed by atoms with E-state index in [2.05, 4.69) is 12.1 Å². The molecular weight excluding hydrogens is 326 g/mol. The first-order chi connectivity index (χ1) is 12.3. The summed E-state index contributed by atoms with van der Waals surface area (Å²) in [5, 5.41) is 0. The van der Waals surface area contributed by atoms with E-state index in [0.717, 1.165) is 19.4 Å². The smallest absolute Gasteiger partial charge is 0.227 e. The van der Waals surface area contributed by atoms with Crippen molar-refractivity contribution in [2.75, 3.05) is 26.2 Å². The molecule has 0 spiro atoms. The fourth-order valence-corrected chi connectivity index (χ4v) is 4.16. The normalized spacial score (nSPS) is 26.8. The fourth-order valence-electron chi connectivity index (χ4n) is 4.16. The topological polar surface area (TPSA) is 66.6 Å². The van der Waals surface area contributed by atoms with Gasteiger partial charge in [0.25, 0.3) is 0 Å². The molecule has 2 aliphatic heterocycles. The molecule has 0 saturated carbocycles. The molecule has 0 bridgehead atoms. The van der Waals surface area contributed by atoms with Crippen molar-refractivity contribution in [2.24, 2.45) is 17.1 Å². The highest BCUT2D eigenvalue weighted by Crippen LogP contribution is 2.30. The minimum Gasteiger partial charge on any atom is -0.341 e. The highest BCUT2D eigenvalue weighted by atomic mass is 16.2. The molecule has 142 valence electrons. The summed E-state index contributed by atoms with van der Waals surface area (Å²) in [6.45, 7) is 8.37. The summed E-state index contributed by atoms with van der Waals surface area (Å²) < 4.78 is 0. The van der Waals surface area contributed by atoms with Gasteiger partial charge in [0, 0.05) is 43.6 Å². The Morgan fingerprint density at radius 2 is 1.73 bits per heavy atom. The van der Waals surface area contributed by atoms with Crippen LogP contribution in [0.3, 0.4) is 0 Å². The Labute approximate surface area is 156 Å². The first-order valence-electron chi connectivity index (χ1n) is 9.66. The predicted molar refractivity (Wildman–Crippen MR) is 102 cm³/mol. The van der Waals surface area contributed by atoms with Gasteiger partial charge in [0.05, 0.1) is 5.92 Å². The molecule has 1 aromatic rings. The van der Waals surface area contributed by atoms with E-state index in [4.69, 9.17) is 5.73 Å². The number of carbonyl (C=O) groups excluding carboxylic acids is 2. The van der Waals surface area contributed by atoms with Crippen LogP contribution in [0.2, 0.25) is 0 Å². The fraction of sp³-hybridized carbons (Fsp3) is 0.619. The zero-order valence-corrected chi connectivity index (χ0v) is 16.1. The molecule has 2 amide bonds. The first kappa shape index (κ1) is 18.9. The minimum atomic E-state index is -0.403. The van der Waals surface area contributed by atoms with Gasteiger partial charge in [-0.3, -0.25) is 9.59 Å². The summed E-state index contributed by atoms with van der Waals surface area (Å²) in [4.78, 5) is 29.4. The second-order valence-corrected chi connectivity index (χ2v) is 8.76. The van der Waals surface area contributed by atoms with Gasteiger partial charge in [-0.2, -0.15) is 0 Å². The molecule has 0 aliphatic carbocycles. The van der Waals surface area contributed by atoms with Crippen molar-refractivity contribution in [3.05, 3.63) is 35.9 Å². The van der Waals surface area contributed by atoms with Crippen LogP contribution >= 0.6 is 0 Å². The van der Waals surface area contributed by atoms with Crippen molar-refractivity contribution in [3.63, 3.8) is 0 Å². The van der Waals surface area contributed by atoms with Crippen molar-refractivity contribution < 1.29 is 9.59 Å². The number of amides is 2. The number of hydrogen-bond donors (Lipinski definition) is 1. The Balaban J connectivity index is 1.65. The maximum Gasteiger partial charge on any atom is 0.227 e. The van der Waals surface area contributed by atoms with Crippen molar-refractivity contribution in [2.45, 2.75) is 45.6 Å². The van der Waals surface area contributed by atoms with E-state index in [1.807, 2.05) is 48.8 Å². The molecule has 2 aliphatic rings. The van der Waals surface area contributed by atoms with E-state index in [0.29, 0.717) is 19.6 Å². The van der Waals surface area contributed by atoms with E-state index in [1.165, 1.54) is 5.56 Å².